The van der Waals surface area contributed by atoms with Gasteiger partial charge in [0.1, 0.15) is 0 Å². The number of nitrogens with zero attached hydrogens (tertiary/aromatic N) is 1. The van der Waals surface area contributed by atoms with Gasteiger partial charge in [-0.3, -0.25) is 0 Å². The fourth-order valence-electron chi connectivity index (χ4n) is 2.69. The molecule has 0 bridgehead atoms. The van der Waals surface area contributed by atoms with Crippen molar-refractivity contribution in [3.05, 3.63) is 110 Å². The van der Waals surface area contributed by atoms with Gasteiger partial charge in [0.25, 0.3) is 20.0 Å². The standard InChI is InChI=1S/C22H16Cl3NO4S2/c23-19-6-1-4-17(14-19)10-12-31(27,28)26(22-9-3-8-21(25)16-22)32(29,30)13-11-18-5-2-7-20(24)15-18/h1-16H/b12-10-,13-11-. The van der Waals surface area contributed by atoms with E-state index in [9.17, 15) is 16.8 Å². The van der Waals surface area contributed by atoms with E-state index in [0.29, 0.717) is 24.9 Å². The van der Waals surface area contributed by atoms with E-state index in [1.54, 1.807) is 48.5 Å². The van der Waals surface area contributed by atoms with Gasteiger partial charge in [0.15, 0.2) is 0 Å². The van der Waals surface area contributed by atoms with Crippen molar-refractivity contribution in [3.63, 3.8) is 0 Å². The summed E-state index contributed by atoms with van der Waals surface area (Å²) in [5.74, 6) is 0. The molecule has 3 aromatic carbocycles. The number of halogens is 3. The summed E-state index contributed by atoms with van der Waals surface area (Å²) in [7, 11) is -8.98. The van der Waals surface area contributed by atoms with E-state index in [4.69, 9.17) is 34.8 Å². The van der Waals surface area contributed by atoms with E-state index in [1.165, 1.54) is 36.4 Å². The van der Waals surface area contributed by atoms with Gasteiger partial charge in [0, 0.05) is 15.1 Å². The van der Waals surface area contributed by atoms with Crippen molar-refractivity contribution < 1.29 is 16.8 Å². The average molecular weight is 529 g/mol. The van der Waals surface area contributed by atoms with Gasteiger partial charge in [-0.1, -0.05) is 65.1 Å². The second-order valence-electron chi connectivity index (χ2n) is 6.48. The van der Waals surface area contributed by atoms with Crippen LogP contribution in [0, 0.1) is 0 Å². The van der Waals surface area contributed by atoms with Crippen LogP contribution in [-0.2, 0) is 20.0 Å². The molecular weight excluding hydrogens is 513 g/mol. The van der Waals surface area contributed by atoms with Crippen molar-refractivity contribution in [3.8, 4) is 0 Å². The largest absolute Gasteiger partial charge is 0.270 e. The molecule has 0 heterocycles. The van der Waals surface area contributed by atoms with Gasteiger partial charge in [-0.2, -0.15) is 3.71 Å². The van der Waals surface area contributed by atoms with E-state index in [-0.39, 0.29) is 10.7 Å². The molecule has 0 spiro atoms. The molecule has 0 saturated carbocycles. The lowest BCUT2D eigenvalue weighted by Gasteiger charge is -2.20. The highest BCUT2D eigenvalue weighted by molar-refractivity contribution is 8.12. The summed E-state index contributed by atoms with van der Waals surface area (Å²) in [6.45, 7) is 0. The molecule has 3 aromatic rings. The Hall–Kier alpha value is -2.29. The lowest BCUT2D eigenvalue weighted by atomic mass is 10.2. The summed E-state index contributed by atoms with van der Waals surface area (Å²) in [5, 5.41) is 2.59. The second-order valence-corrected chi connectivity index (χ2v) is 11.4. The molecule has 10 heteroatoms. The Morgan fingerprint density at radius 2 is 1.00 bits per heavy atom. The summed E-state index contributed by atoms with van der Waals surface area (Å²) in [6, 6.07) is 18.5. The first-order valence-electron chi connectivity index (χ1n) is 9.00. The maximum atomic E-state index is 13.1. The highest BCUT2D eigenvalue weighted by Gasteiger charge is 2.31. The third-order valence-corrected chi connectivity index (χ3v) is 8.30. The summed E-state index contributed by atoms with van der Waals surface area (Å²) < 4.78 is 52.9. The number of sulfonamides is 2. The maximum absolute atomic E-state index is 13.1. The molecule has 0 amide bonds. The van der Waals surface area contributed by atoms with Crippen LogP contribution in [0.15, 0.2) is 83.6 Å². The van der Waals surface area contributed by atoms with Crippen molar-refractivity contribution in [1.29, 1.82) is 0 Å². The topological polar surface area (TPSA) is 71.5 Å². The normalized spacial score (nSPS) is 12.5. The zero-order valence-electron chi connectivity index (χ0n) is 16.3. The van der Waals surface area contributed by atoms with Crippen molar-refractivity contribution in [1.82, 2.24) is 0 Å². The third kappa shape index (κ3) is 6.37. The Morgan fingerprint density at radius 1 is 0.594 bits per heavy atom. The first-order chi connectivity index (χ1) is 15.1. The predicted octanol–water partition coefficient (Wildman–Crippen LogP) is 6.45. The summed E-state index contributed by atoms with van der Waals surface area (Å²) >= 11 is 17.9. The van der Waals surface area contributed by atoms with Crippen LogP contribution >= 0.6 is 34.8 Å². The minimum absolute atomic E-state index is 0.135. The van der Waals surface area contributed by atoms with Crippen LogP contribution in [0.25, 0.3) is 12.2 Å². The molecule has 0 aliphatic rings. The molecule has 0 unspecified atom stereocenters. The Bertz CT molecular complexity index is 1320. The van der Waals surface area contributed by atoms with Gasteiger partial charge >= 0.3 is 0 Å². The van der Waals surface area contributed by atoms with Crippen molar-refractivity contribution in [2.75, 3.05) is 3.71 Å². The quantitative estimate of drug-likeness (QED) is 0.353. The van der Waals surface area contributed by atoms with E-state index in [0.717, 1.165) is 10.8 Å². The van der Waals surface area contributed by atoms with E-state index in [2.05, 4.69) is 0 Å². The molecule has 0 atom stereocenters. The van der Waals surface area contributed by atoms with Crippen LogP contribution in [0.3, 0.4) is 0 Å². The average Bonchev–Trinajstić information content (AvgIpc) is 2.71. The van der Waals surface area contributed by atoms with Crippen molar-refractivity contribution in [2.24, 2.45) is 0 Å². The third-order valence-electron chi connectivity index (χ3n) is 4.04. The Labute approximate surface area is 202 Å². The lowest BCUT2D eigenvalue weighted by molar-refractivity contribution is 0.594. The first kappa shape index (κ1) is 24.4. The second kappa shape index (κ2) is 10.1. The highest BCUT2D eigenvalue weighted by Crippen LogP contribution is 2.28. The summed E-state index contributed by atoms with van der Waals surface area (Å²) in [5.41, 5.74) is 0.835. The van der Waals surface area contributed by atoms with Gasteiger partial charge < -0.3 is 0 Å². The van der Waals surface area contributed by atoms with Gasteiger partial charge in [0.05, 0.1) is 16.5 Å². The fraction of sp³-hybridized carbons (Fsp3) is 0. The van der Waals surface area contributed by atoms with Crippen molar-refractivity contribution in [2.45, 2.75) is 0 Å². The number of anilines is 1. The number of benzene rings is 3. The molecule has 0 aliphatic heterocycles. The molecule has 0 N–H and O–H groups in total. The van der Waals surface area contributed by atoms with Gasteiger partial charge in [-0.15, -0.1) is 0 Å². The smallest absolute Gasteiger partial charge is 0.201 e. The van der Waals surface area contributed by atoms with E-state index in [1.807, 2.05) is 0 Å². The van der Waals surface area contributed by atoms with Gasteiger partial charge in [0.2, 0.25) is 0 Å². The molecule has 5 nitrogen and oxygen atoms in total. The monoisotopic (exact) mass is 527 g/mol. The van der Waals surface area contributed by atoms with Crippen molar-refractivity contribution >= 4 is 72.7 Å². The zero-order valence-corrected chi connectivity index (χ0v) is 20.2. The molecule has 0 radical (unpaired) electrons. The van der Waals surface area contributed by atoms with Crippen LogP contribution in [0.5, 0.6) is 0 Å². The molecule has 0 fully saturated rings. The molecule has 0 aromatic heterocycles. The Morgan fingerprint density at radius 3 is 1.41 bits per heavy atom. The van der Waals surface area contributed by atoms with Crippen LogP contribution < -0.4 is 3.71 Å². The SMILES string of the molecule is O=S(=O)(/C=C\c1cccc(Cl)c1)N(c1cccc(Cl)c1)S(=O)(=O)/C=C\c1cccc(Cl)c1. The molecule has 166 valence electrons. The van der Waals surface area contributed by atoms with E-state index < -0.39 is 20.0 Å². The Kier molecular flexibility index (Phi) is 7.69. The fourth-order valence-corrected chi connectivity index (χ4v) is 6.42. The van der Waals surface area contributed by atoms with E-state index >= 15 is 0 Å². The van der Waals surface area contributed by atoms with Gasteiger partial charge in [-0.05, 0) is 65.7 Å². The summed E-state index contributed by atoms with van der Waals surface area (Å²) in [4.78, 5) is 0. The number of hydrogen-bond acceptors (Lipinski definition) is 4. The number of hydrogen-bond donors (Lipinski definition) is 0. The predicted molar refractivity (Wildman–Crippen MR) is 133 cm³/mol. The first-order valence-corrected chi connectivity index (χ1v) is 13.1. The van der Waals surface area contributed by atoms with Crippen LogP contribution in [0.4, 0.5) is 5.69 Å². The Balaban J connectivity index is 2.07. The lowest BCUT2D eigenvalue weighted by Crippen LogP contribution is -2.34. The molecule has 0 saturated heterocycles. The molecular formula is C22H16Cl3NO4S2. The summed E-state index contributed by atoms with van der Waals surface area (Å²) in [6.07, 6.45) is 2.52. The zero-order chi connectivity index (χ0) is 23.4. The number of rotatable bonds is 7. The maximum Gasteiger partial charge on any atom is 0.270 e. The highest BCUT2D eigenvalue weighted by atomic mass is 35.5. The minimum atomic E-state index is -4.49. The molecule has 32 heavy (non-hydrogen) atoms. The molecule has 3 rings (SSSR count). The van der Waals surface area contributed by atoms with Crippen LogP contribution in [0.1, 0.15) is 11.1 Å². The molecule has 0 aliphatic carbocycles. The van der Waals surface area contributed by atoms with Crippen LogP contribution in [0.2, 0.25) is 15.1 Å². The minimum Gasteiger partial charge on any atom is -0.201 e. The van der Waals surface area contributed by atoms with Gasteiger partial charge in [-0.25, -0.2) is 16.8 Å². The van der Waals surface area contributed by atoms with Crippen LogP contribution in [-0.4, -0.2) is 16.8 Å².